The smallest absolute Gasteiger partial charge is 0.229 e. The van der Waals surface area contributed by atoms with Crippen molar-refractivity contribution in [2.75, 3.05) is 5.32 Å². The van der Waals surface area contributed by atoms with Crippen molar-refractivity contribution in [3.8, 4) is 10.6 Å². The molecule has 0 radical (unpaired) electrons. The Kier molecular flexibility index (Phi) is 5.01. The number of carbonyl (C=O) groups excluding carboxylic acids is 1. The van der Waals surface area contributed by atoms with Gasteiger partial charge in [-0.2, -0.15) is 0 Å². The molecule has 1 N–H and O–H groups in total. The summed E-state index contributed by atoms with van der Waals surface area (Å²) in [5.41, 5.74) is 4.02. The molecule has 0 aliphatic carbocycles. The van der Waals surface area contributed by atoms with Gasteiger partial charge in [0.1, 0.15) is 5.01 Å². The number of carbonyl (C=O) groups is 1. The number of aromatic nitrogens is 2. The molecule has 0 saturated heterocycles. The van der Waals surface area contributed by atoms with Crippen molar-refractivity contribution in [2.24, 2.45) is 0 Å². The molecule has 0 aliphatic heterocycles. The van der Waals surface area contributed by atoms with Crippen LogP contribution in [0.2, 0.25) is 0 Å². The summed E-state index contributed by atoms with van der Waals surface area (Å²) in [5.74, 6) is -0.0210. The summed E-state index contributed by atoms with van der Waals surface area (Å²) in [5, 5.41) is 3.87. The second kappa shape index (κ2) is 7.36. The molecule has 4 nitrogen and oxygen atoms in total. The first-order valence-electron chi connectivity index (χ1n) is 7.91. The second-order valence-electron chi connectivity index (χ2n) is 5.54. The van der Waals surface area contributed by atoms with Gasteiger partial charge in [0.2, 0.25) is 5.91 Å². The summed E-state index contributed by atoms with van der Waals surface area (Å²) in [6, 6.07) is 11.8. The van der Waals surface area contributed by atoms with Crippen molar-refractivity contribution in [3.63, 3.8) is 0 Å². The average Bonchev–Trinajstić information content (AvgIpc) is 2.97. The molecular weight excluding hydrogens is 318 g/mol. The largest absolute Gasteiger partial charge is 0.326 e. The molecule has 0 aliphatic rings. The zero-order valence-electron chi connectivity index (χ0n) is 13.7. The molecular formula is C19H19N3OS. The number of rotatable bonds is 5. The number of nitrogens with one attached hydrogen (secondary N) is 1. The third-order valence-electron chi connectivity index (χ3n) is 3.79. The Balaban J connectivity index is 1.69. The minimum Gasteiger partial charge on any atom is -0.326 e. The predicted molar refractivity (Wildman–Crippen MR) is 98.2 cm³/mol. The van der Waals surface area contributed by atoms with Crippen LogP contribution in [0.4, 0.5) is 5.69 Å². The summed E-state index contributed by atoms with van der Waals surface area (Å²) in [6.07, 6.45) is 4.83. The van der Waals surface area contributed by atoms with Gasteiger partial charge in [-0.25, -0.2) is 4.98 Å². The van der Waals surface area contributed by atoms with Crippen LogP contribution in [0.5, 0.6) is 0 Å². The predicted octanol–water partition coefficient (Wildman–Crippen LogP) is 4.26. The summed E-state index contributed by atoms with van der Waals surface area (Å²) in [4.78, 5) is 21.9. The van der Waals surface area contributed by atoms with Gasteiger partial charge in [0, 0.05) is 28.5 Å². The zero-order valence-corrected chi connectivity index (χ0v) is 14.6. The number of amides is 1. The summed E-state index contributed by atoms with van der Waals surface area (Å²) >= 11 is 1.56. The fourth-order valence-electron chi connectivity index (χ4n) is 2.38. The number of benzene rings is 1. The summed E-state index contributed by atoms with van der Waals surface area (Å²) in [6.45, 7) is 4.06. The lowest BCUT2D eigenvalue weighted by Crippen LogP contribution is -2.14. The lowest BCUT2D eigenvalue weighted by Gasteiger charge is -2.05. The highest BCUT2D eigenvalue weighted by atomic mass is 32.1. The SMILES string of the molecule is CCc1ccc(NC(=O)Cc2sc(-c3ccncc3)nc2C)cc1. The lowest BCUT2D eigenvalue weighted by atomic mass is 10.1. The van der Waals surface area contributed by atoms with E-state index in [2.05, 4.69) is 22.2 Å². The molecule has 24 heavy (non-hydrogen) atoms. The number of thiazole rings is 1. The van der Waals surface area contributed by atoms with Crippen LogP contribution in [0.1, 0.15) is 23.1 Å². The van der Waals surface area contributed by atoms with Crippen molar-refractivity contribution in [1.29, 1.82) is 0 Å². The first-order valence-corrected chi connectivity index (χ1v) is 8.73. The van der Waals surface area contributed by atoms with Crippen LogP contribution in [-0.4, -0.2) is 15.9 Å². The van der Waals surface area contributed by atoms with Gasteiger partial charge in [0.05, 0.1) is 12.1 Å². The number of hydrogen-bond acceptors (Lipinski definition) is 4. The quantitative estimate of drug-likeness (QED) is 0.757. The molecule has 3 rings (SSSR count). The highest BCUT2D eigenvalue weighted by Gasteiger charge is 2.13. The van der Waals surface area contributed by atoms with E-state index in [1.807, 2.05) is 43.3 Å². The summed E-state index contributed by atoms with van der Waals surface area (Å²) < 4.78 is 0. The van der Waals surface area contributed by atoms with Crippen LogP contribution < -0.4 is 5.32 Å². The minimum atomic E-state index is -0.0210. The van der Waals surface area contributed by atoms with Gasteiger partial charge in [0.15, 0.2) is 0 Å². The highest BCUT2D eigenvalue weighted by Crippen LogP contribution is 2.28. The minimum absolute atomic E-state index is 0.0210. The van der Waals surface area contributed by atoms with Crippen LogP contribution >= 0.6 is 11.3 Å². The fourth-order valence-corrected chi connectivity index (χ4v) is 3.45. The van der Waals surface area contributed by atoms with Crippen LogP contribution in [0.15, 0.2) is 48.8 Å². The normalized spacial score (nSPS) is 10.6. The molecule has 0 bridgehead atoms. The summed E-state index contributed by atoms with van der Waals surface area (Å²) in [7, 11) is 0. The van der Waals surface area contributed by atoms with Crippen LogP contribution in [-0.2, 0) is 17.6 Å². The monoisotopic (exact) mass is 337 g/mol. The van der Waals surface area contributed by atoms with E-state index in [0.29, 0.717) is 6.42 Å². The van der Waals surface area contributed by atoms with E-state index in [1.165, 1.54) is 5.56 Å². The molecule has 5 heteroatoms. The maximum Gasteiger partial charge on any atom is 0.229 e. The van der Waals surface area contributed by atoms with E-state index < -0.39 is 0 Å². The maximum absolute atomic E-state index is 12.3. The fraction of sp³-hybridized carbons (Fsp3) is 0.211. The van der Waals surface area contributed by atoms with Gasteiger partial charge < -0.3 is 5.32 Å². The van der Waals surface area contributed by atoms with Gasteiger partial charge in [-0.15, -0.1) is 11.3 Å². The molecule has 1 aromatic carbocycles. The van der Waals surface area contributed by atoms with Crippen molar-refractivity contribution < 1.29 is 4.79 Å². The topological polar surface area (TPSA) is 54.9 Å². The Morgan fingerprint density at radius 3 is 2.50 bits per heavy atom. The highest BCUT2D eigenvalue weighted by molar-refractivity contribution is 7.15. The van der Waals surface area contributed by atoms with E-state index in [0.717, 1.165) is 33.3 Å². The van der Waals surface area contributed by atoms with Gasteiger partial charge in [-0.05, 0) is 43.2 Å². The Hall–Kier alpha value is -2.53. The number of aryl methyl sites for hydroxylation is 2. The molecule has 2 heterocycles. The van der Waals surface area contributed by atoms with E-state index >= 15 is 0 Å². The van der Waals surface area contributed by atoms with Gasteiger partial charge in [-0.1, -0.05) is 19.1 Å². The number of anilines is 1. The van der Waals surface area contributed by atoms with Crippen LogP contribution in [0, 0.1) is 6.92 Å². The molecule has 2 aromatic heterocycles. The van der Waals surface area contributed by atoms with Gasteiger partial charge in [-0.3, -0.25) is 9.78 Å². The van der Waals surface area contributed by atoms with Gasteiger partial charge >= 0.3 is 0 Å². The Morgan fingerprint density at radius 2 is 1.83 bits per heavy atom. The first kappa shape index (κ1) is 16.3. The second-order valence-corrected chi connectivity index (χ2v) is 6.62. The molecule has 1 amide bonds. The Morgan fingerprint density at radius 1 is 1.12 bits per heavy atom. The van der Waals surface area contributed by atoms with E-state index in [9.17, 15) is 4.79 Å². The maximum atomic E-state index is 12.3. The van der Waals surface area contributed by atoms with Gasteiger partial charge in [0.25, 0.3) is 0 Å². The lowest BCUT2D eigenvalue weighted by molar-refractivity contribution is -0.115. The van der Waals surface area contributed by atoms with Crippen molar-refractivity contribution in [3.05, 3.63) is 64.9 Å². The zero-order chi connectivity index (χ0) is 16.9. The molecule has 0 spiro atoms. The molecule has 0 unspecified atom stereocenters. The van der Waals surface area contributed by atoms with E-state index in [4.69, 9.17) is 0 Å². The molecule has 122 valence electrons. The Labute approximate surface area is 145 Å². The standard InChI is InChI=1S/C19H19N3OS/c1-3-14-4-6-16(7-5-14)22-18(23)12-17-13(2)21-19(24-17)15-8-10-20-11-9-15/h4-11H,3,12H2,1-2H3,(H,22,23). The van der Waals surface area contributed by atoms with Crippen LogP contribution in [0.25, 0.3) is 10.6 Å². The van der Waals surface area contributed by atoms with Crippen molar-refractivity contribution in [1.82, 2.24) is 9.97 Å². The number of pyridine rings is 1. The third-order valence-corrected chi connectivity index (χ3v) is 4.99. The van der Waals surface area contributed by atoms with Crippen LogP contribution in [0.3, 0.4) is 0 Å². The molecule has 0 atom stereocenters. The average molecular weight is 337 g/mol. The first-order chi connectivity index (χ1) is 11.7. The van der Waals surface area contributed by atoms with E-state index in [1.54, 1.807) is 23.7 Å². The van der Waals surface area contributed by atoms with Crippen molar-refractivity contribution >= 4 is 22.9 Å². The van der Waals surface area contributed by atoms with Crippen molar-refractivity contribution in [2.45, 2.75) is 26.7 Å². The number of nitrogens with zero attached hydrogens (tertiary/aromatic N) is 2. The number of hydrogen-bond donors (Lipinski definition) is 1. The molecule has 0 saturated carbocycles. The van der Waals surface area contributed by atoms with E-state index in [-0.39, 0.29) is 5.91 Å². The molecule has 3 aromatic rings. The molecule has 0 fully saturated rings. The third kappa shape index (κ3) is 3.86. The Bertz CT molecular complexity index is 826.